The fraction of sp³-hybridized carbons (Fsp3) is 0.562. The number of amides is 1. The third kappa shape index (κ3) is 6.36. The minimum Gasteiger partial charge on any atom is -0.490 e. The molecule has 0 heterocycles. The molecule has 0 aliphatic heterocycles. The van der Waals surface area contributed by atoms with E-state index in [4.69, 9.17) is 10.5 Å². The summed E-state index contributed by atoms with van der Waals surface area (Å²) in [5.41, 5.74) is 6.38. The van der Waals surface area contributed by atoms with Crippen LogP contribution in [0.1, 0.15) is 45.4 Å². The molecule has 21 heavy (non-hydrogen) atoms. The van der Waals surface area contributed by atoms with Crippen LogP contribution in [0.3, 0.4) is 0 Å². The molecule has 1 aromatic rings. The Kier molecular flexibility index (Phi) is 7.54. The molecule has 1 aromatic carbocycles. The molecule has 2 rings (SSSR count). The van der Waals surface area contributed by atoms with E-state index in [0.717, 1.165) is 24.3 Å². The first-order chi connectivity index (χ1) is 9.63. The average molecular weight is 313 g/mol. The Morgan fingerprint density at radius 3 is 2.48 bits per heavy atom. The second-order valence-electron chi connectivity index (χ2n) is 5.63. The number of benzene rings is 1. The maximum absolute atomic E-state index is 11.6. The predicted molar refractivity (Wildman–Crippen MR) is 88.1 cm³/mol. The number of hydrogen-bond acceptors (Lipinski definition) is 3. The zero-order chi connectivity index (χ0) is 14.4. The van der Waals surface area contributed by atoms with Crippen molar-refractivity contribution in [3.63, 3.8) is 0 Å². The van der Waals surface area contributed by atoms with Crippen molar-refractivity contribution in [3.05, 3.63) is 24.3 Å². The SMILES string of the molecule is CC(N)CC(=O)Nc1ccc(OC2CCCCC2)cc1.Cl. The summed E-state index contributed by atoms with van der Waals surface area (Å²) in [5.74, 6) is 0.822. The van der Waals surface area contributed by atoms with E-state index in [0.29, 0.717) is 12.5 Å². The van der Waals surface area contributed by atoms with Crippen molar-refractivity contribution in [2.24, 2.45) is 5.73 Å². The quantitative estimate of drug-likeness (QED) is 0.874. The second-order valence-corrected chi connectivity index (χ2v) is 5.63. The fourth-order valence-electron chi connectivity index (χ4n) is 2.50. The summed E-state index contributed by atoms with van der Waals surface area (Å²) in [6.45, 7) is 1.82. The van der Waals surface area contributed by atoms with Gasteiger partial charge in [0.25, 0.3) is 0 Å². The molecule has 4 nitrogen and oxygen atoms in total. The number of hydrogen-bond donors (Lipinski definition) is 2. The zero-order valence-electron chi connectivity index (χ0n) is 12.5. The third-order valence-corrected chi connectivity index (χ3v) is 3.50. The Bertz CT molecular complexity index is 428. The van der Waals surface area contributed by atoms with Crippen molar-refractivity contribution in [1.82, 2.24) is 0 Å². The molecule has 1 atom stereocenters. The molecule has 118 valence electrons. The van der Waals surface area contributed by atoms with Gasteiger partial charge in [0.15, 0.2) is 0 Å². The number of halogens is 1. The van der Waals surface area contributed by atoms with Crippen LogP contribution >= 0.6 is 12.4 Å². The van der Waals surface area contributed by atoms with Crippen LogP contribution in [0.4, 0.5) is 5.69 Å². The van der Waals surface area contributed by atoms with Gasteiger partial charge in [-0.1, -0.05) is 6.42 Å². The molecule has 1 aliphatic carbocycles. The van der Waals surface area contributed by atoms with Gasteiger partial charge in [0, 0.05) is 18.2 Å². The highest BCUT2D eigenvalue weighted by atomic mass is 35.5. The highest BCUT2D eigenvalue weighted by molar-refractivity contribution is 5.91. The first-order valence-electron chi connectivity index (χ1n) is 7.45. The number of ether oxygens (including phenoxy) is 1. The molecule has 1 saturated carbocycles. The van der Waals surface area contributed by atoms with E-state index in [1.165, 1.54) is 19.3 Å². The second kappa shape index (κ2) is 8.90. The van der Waals surface area contributed by atoms with E-state index in [-0.39, 0.29) is 24.4 Å². The lowest BCUT2D eigenvalue weighted by molar-refractivity contribution is -0.116. The summed E-state index contributed by atoms with van der Waals surface area (Å²) >= 11 is 0. The highest BCUT2D eigenvalue weighted by Crippen LogP contribution is 2.24. The summed E-state index contributed by atoms with van der Waals surface area (Å²) in [6, 6.07) is 7.45. The molecule has 5 heteroatoms. The average Bonchev–Trinajstić information content (AvgIpc) is 2.41. The van der Waals surface area contributed by atoms with Gasteiger partial charge < -0.3 is 15.8 Å². The number of carbonyl (C=O) groups is 1. The lowest BCUT2D eigenvalue weighted by Crippen LogP contribution is -2.24. The first kappa shape index (κ1) is 17.8. The van der Waals surface area contributed by atoms with Crippen LogP contribution < -0.4 is 15.8 Å². The topological polar surface area (TPSA) is 64.4 Å². The van der Waals surface area contributed by atoms with Gasteiger partial charge in [-0.25, -0.2) is 0 Å². The summed E-state index contributed by atoms with van der Waals surface area (Å²) in [4.78, 5) is 11.6. The number of nitrogens with two attached hydrogens (primary N) is 1. The van der Waals surface area contributed by atoms with Gasteiger partial charge in [0.1, 0.15) is 5.75 Å². The van der Waals surface area contributed by atoms with Crippen LogP contribution in [-0.4, -0.2) is 18.1 Å². The maximum atomic E-state index is 11.6. The number of anilines is 1. The fourth-order valence-corrected chi connectivity index (χ4v) is 2.50. The van der Waals surface area contributed by atoms with Crippen LogP contribution in [0.25, 0.3) is 0 Å². The monoisotopic (exact) mass is 312 g/mol. The van der Waals surface area contributed by atoms with E-state index in [9.17, 15) is 4.79 Å². The molecule has 0 radical (unpaired) electrons. The summed E-state index contributed by atoms with van der Waals surface area (Å²) in [6.07, 6.45) is 6.82. The molecule has 3 N–H and O–H groups in total. The third-order valence-electron chi connectivity index (χ3n) is 3.50. The van der Waals surface area contributed by atoms with Gasteiger partial charge in [-0.15, -0.1) is 12.4 Å². The predicted octanol–water partition coefficient (Wildman–Crippen LogP) is 3.50. The largest absolute Gasteiger partial charge is 0.490 e. The van der Waals surface area contributed by atoms with Crippen LogP contribution in [0.15, 0.2) is 24.3 Å². The van der Waals surface area contributed by atoms with Crippen molar-refractivity contribution in [2.75, 3.05) is 5.32 Å². The first-order valence-corrected chi connectivity index (χ1v) is 7.45. The van der Waals surface area contributed by atoms with Crippen LogP contribution in [0, 0.1) is 0 Å². The Morgan fingerprint density at radius 2 is 1.90 bits per heavy atom. The van der Waals surface area contributed by atoms with Crippen molar-refractivity contribution in [2.45, 2.75) is 57.6 Å². The maximum Gasteiger partial charge on any atom is 0.225 e. The Morgan fingerprint density at radius 1 is 1.29 bits per heavy atom. The van der Waals surface area contributed by atoms with Gasteiger partial charge in [0.2, 0.25) is 5.91 Å². The molecular formula is C16H25ClN2O2. The number of carbonyl (C=O) groups excluding carboxylic acids is 1. The molecule has 0 aromatic heterocycles. The molecule has 0 saturated heterocycles. The zero-order valence-corrected chi connectivity index (χ0v) is 13.3. The highest BCUT2D eigenvalue weighted by Gasteiger charge is 2.14. The molecule has 1 aliphatic rings. The Hall–Kier alpha value is -1.26. The van der Waals surface area contributed by atoms with Gasteiger partial charge in [-0.05, 0) is 56.9 Å². The van der Waals surface area contributed by atoms with Gasteiger partial charge >= 0.3 is 0 Å². The normalized spacial score (nSPS) is 16.7. The Balaban J connectivity index is 0.00000220. The number of rotatable bonds is 5. The lowest BCUT2D eigenvalue weighted by Gasteiger charge is -2.23. The van der Waals surface area contributed by atoms with E-state index in [1.807, 2.05) is 31.2 Å². The number of nitrogens with one attached hydrogen (secondary N) is 1. The van der Waals surface area contributed by atoms with E-state index in [1.54, 1.807) is 0 Å². The lowest BCUT2D eigenvalue weighted by atomic mass is 9.98. The van der Waals surface area contributed by atoms with Crippen molar-refractivity contribution in [3.8, 4) is 5.75 Å². The van der Waals surface area contributed by atoms with Crippen LogP contribution in [0.5, 0.6) is 5.75 Å². The van der Waals surface area contributed by atoms with Gasteiger partial charge in [0.05, 0.1) is 6.10 Å². The smallest absolute Gasteiger partial charge is 0.225 e. The summed E-state index contributed by atoms with van der Waals surface area (Å²) in [7, 11) is 0. The van der Waals surface area contributed by atoms with E-state index < -0.39 is 0 Å². The van der Waals surface area contributed by atoms with Crippen LogP contribution in [-0.2, 0) is 4.79 Å². The van der Waals surface area contributed by atoms with Crippen LogP contribution in [0.2, 0.25) is 0 Å². The summed E-state index contributed by atoms with van der Waals surface area (Å²) < 4.78 is 5.95. The standard InChI is InChI=1S/C16H24N2O2.ClH/c1-12(17)11-16(19)18-13-7-9-15(10-8-13)20-14-5-3-2-4-6-14;/h7-10,12,14H,2-6,11,17H2,1H3,(H,18,19);1H. The Labute approximate surface area is 132 Å². The minimum atomic E-state index is -0.121. The minimum absolute atomic E-state index is 0. The summed E-state index contributed by atoms with van der Waals surface area (Å²) in [5, 5.41) is 2.83. The molecule has 0 bridgehead atoms. The van der Waals surface area contributed by atoms with Crippen molar-refractivity contribution < 1.29 is 9.53 Å². The van der Waals surface area contributed by atoms with Gasteiger partial charge in [-0.3, -0.25) is 4.79 Å². The van der Waals surface area contributed by atoms with E-state index in [2.05, 4.69) is 5.32 Å². The van der Waals surface area contributed by atoms with Crippen molar-refractivity contribution in [1.29, 1.82) is 0 Å². The molecule has 1 amide bonds. The van der Waals surface area contributed by atoms with Crippen molar-refractivity contribution >= 4 is 24.0 Å². The molecule has 1 unspecified atom stereocenters. The molecule has 1 fully saturated rings. The molecule has 0 spiro atoms. The molecular weight excluding hydrogens is 288 g/mol. The van der Waals surface area contributed by atoms with Gasteiger partial charge in [-0.2, -0.15) is 0 Å². The van der Waals surface area contributed by atoms with E-state index >= 15 is 0 Å².